The fourth-order valence-corrected chi connectivity index (χ4v) is 4.24. The molecule has 0 bridgehead atoms. The molecule has 0 aliphatic rings. The molecular weight excluding hydrogens is 421 g/mol. The second-order valence-electron chi connectivity index (χ2n) is 7.31. The lowest BCUT2D eigenvalue weighted by atomic mass is 10.1. The zero-order valence-electron chi connectivity index (χ0n) is 17.8. The summed E-state index contributed by atoms with van der Waals surface area (Å²) in [6.07, 6.45) is -2.14. The summed E-state index contributed by atoms with van der Waals surface area (Å²) in [5, 5.41) is 0. The monoisotopic (exact) mass is 449 g/mol. The Kier molecular flexibility index (Phi) is 9.24. The van der Waals surface area contributed by atoms with Crippen molar-refractivity contribution in [2.45, 2.75) is 39.3 Å². The number of ether oxygens (including phenoxy) is 2. The standard InChI is InChI=1S/C22H28NO7P/c1-17(2)14-20(31(26,27)28-3)23(21(24)29-15-18-10-6-4-7-11-18)22(25)30-16-19-12-8-5-9-13-19/h4-13,17,20H,14-16H2,1-3H3,(H,26,27). The highest BCUT2D eigenvalue weighted by Crippen LogP contribution is 2.50. The molecule has 0 heterocycles. The summed E-state index contributed by atoms with van der Waals surface area (Å²) in [6, 6.07) is 17.8. The SMILES string of the molecule is COP(=O)(O)C(CC(C)C)N(C(=O)OCc1ccccc1)C(=O)OCc1ccccc1. The van der Waals surface area contributed by atoms with E-state index in [1.165, 1.54) is 0 Å². The highest BCUT2D eigenvalue weighted by atomic mass is 31.2. The first-order valence-electron chi connectivity index (χ1n) is 9.83. The Morgan fingerprint density at radius 1 is 0.903 bits per heavy atom. The number of amides is 2. The van der Waals surface area contributed by atoms with Crippen molar-refractivity contribution in [2.75, 3.05) is 7.11 Å². The van der Waals surface area contributed by atoms with Crippen LogP contribution in [-0.4, -0.2) is 34.9 Å². The van der Waals surface area contributed by atoms with Gasteiger partial charge in [-0.1, -0.05) is 74.5 Å². The van der Waals surface area contributed by atoms with E-state index in [1.54, 1.807) is 62.4 Å². The molecule has 2 aromatic carbocycles. The van der Waals surface area contributed by atoms with Crippen LogP contribution < -0.4 is 0 Å². The lowest BCUT2D eigenvalue weighted by Gasteiger charge is -2.31. The van der Waals surface area contributed by atoms with E-state index in [1.807, 2.05) is 12.1 Å². The van der Waals surface area contributed by atoms with Crippen LogP contribution in [-0.2, 0) is 31.8 Å². The van der Waals surface area contributed by atoms with E-state index in [0.29, 0.717) is 16.0 Å². The van der Waals surface area contributed by atoms with Crippen molar-refractivity contribution in [1.82, 2.24) is 4.90 Å². The number of imide groups is 1. The average molecular weight is 449 g/mol. The van der Waals surface area contributed by atoms with Crippen molar-refractivity contribution in [3.8, 4) is 0 Å². The number of hydrogen-bond donors (Lipinski definition) is 1. The molecule has 0 aliphatic heterocycles. The number of hydrogen-bond acceptors (Lipinski definition) is 6. The van der Waals surface area contributed by atoms with E-state index < -0.39 is 25.6 Å². The van der Waals surface area contributed by atoms with Gasteiger partial charge in [0, 0.05) is 7.11 Å². The summed E-state index contributed by atoms with van der Waals surface area (Å²) >= 11 is 0. The van der Waals surface area contributed by atoms with E-state index in [4.69, 9.17) is 14.0 Å². The Bertz CT molecular complexity index is 834. The minimum absolute atomic E-state index is 0.0302. The minimum atomic E-state index is -4.37. The van der Waals surface area contributed by atoms with Gasteiger partial charge in [-0.15, -0.1) is 0 Å². The van der Waals surface area contributed by atoms with Gasteiger partial charge in [-0.25, -0.2) is 9.59 Å². The molecule has 0 fully saturated rings. The van der Waals surface area contributed by atoms with Gasteiger partial charge in [0.1, 0.15) is 19.0 Å². The molecule has 0 aliphatic carbocycles. The van der Waals surface area contributed by atoms with E-state index in [9.17, 15) is 19.0 Å². The summed E-state index contributed by atoms with van der Waals surface area (Å²) in [7, 11) is -3.32. The van der Waals surface area contributed by atoms with Crippen LogP contribution >= 0.6 is 7.60 Å². The summed E-state index contributed by atoms with van der Waals surface area (Å²) in [5.41, 5.74) is 1.40. The summed E-state index contributed by atoms with van der Waals surface area (Å²) in [4.78, 5) is 36.6. The maximum absolute atomic E-state index is 12.9. The molecule has 2 atom stereocenters. The van der Waals surface area contributed by atoms with Gasteiger partial charge >= 0.3 is 19.8 Å². The smallest absolute Gasteiger partial charge is 0.420 e. The van der Waals surface area contributed by atoms with Crippen LogP contribution in [0.3, 0.4) is 0 Å². The molecule has 168 valence electrons. The fraction of sp³-hybridized carbons (Fsp3) is 0.364. The molecule has 0 radical (unpaired) electrons. The Morgan fingerprint density at radius 2 is 1.32 bits per heavy atom. The van der Waals surface area contributed by atoms with E-state index in [2.05, 4.69) is 0 Å². The van der Waals surface area contributed by atoms with Gasteiger partial charge in [0.25, 0.3) is 0 Å². The van der Waals surface area contributed by atoms with Crippen LogP contribution in [0.15, 0.2) is 60.7 Å². The molecule has 2 rings (SSSR count). The van der Waals surface area contributed by atoms with Crippen LogP contribution in [0.25, 0.3) is 0 Å². The molecule has 0 saturated heterocycles. The summed E-state index contributed by atoms with van der Waals surface area (Å²) < 4.78 is 28.0. The van der Waals surface area contributed by atoms with Crippen LogP contribution in [0, 0.1) is 5.92 Å². The lowest BCUT2D eigenvalue weighted by molar-refractivity contribution is 0.0590. The van der Waals surface area contributed by atoms with Crippen molar-refractivity contribution in [3.05, 3.63) is 71.8 Å². The van der Waals surface area contributed by atoms with Crippen molar-refractivity contribution in [3.63, 3.8) is 0 Å². The number of carbonyl (C=O) groups excluding carboxylic acids is 2. The zero-order valence-corrected chi connectivity index (χ0v) is 18.7. The third-order valence-electron chi connectivity index (χ3n) is 4.42. The maximum atomic E-state index is 12.9. The van der Waals surface area contributed by atoms with Gasteiger partial charge in [-0.3, -0.25) is 4.57 Å². The number of benzene rings is 2. The first-order valence-corrected chi connectivity index (χ1v) is 11.5. The van der Waals surface area contributed by atoms with E-state index in [-0.39, 0.29) is 25.6 Å². The van der Waals surface area contributed by atoms with Gasteiger partial charge in [-0.05, 0) is 23.5 Å². The zero-order chi connectivity index (χ0) is 22.9. The van der Waals surface area contributed by atoms with Crippen molar-refractivity contribution >= 4 is 19.8 Å². The lowest BCUT2D eigenvalue weighted by Crippen LogP contribution is -2.46. The van der Waals surface area contributed by atoms with Crippen molar-refractivity contribution in [1.29, 1.82) is 0 Å². The highest BCUT2D eigenvalue weighted by molar-refractivity contribution is 7.53. The van der Waals surface area contributed by atoms with Gasteiger partial charge in [0.15, 0.2) is 0 Å². The van der Waals surface area contributed by atoms with E-state index in [0.717, 1.165) is 7.11 Å². The third kappa shape index (κ3) is 7.51. The molecule has 0 spiro atoms. The minimum Gasteiger partial charge on any atom is -0.444 e. The second kappa shape index (κ2) is 11.6. The maximum Gasteiger partial charge on any atom is 0.420 e. The Labute approximate surface area is 182 Å². The molecule has 2 aromatic rings. The first-order chi connectivity index (χ1) is 14.7. The Morgan fingerprint density at radius 3 is 1.68 bits per heavy atom. The highest BCUT2D eigenvalue weighted by Gasteiger charge is 2.44. The van der Waals surface area contributed by atoms with E-state index >= 15 is 0 Å². The quantitative estimate of drug-likeness (QED) is 0.527. The van der Waals surface area contributed by atoms with Crippen molar-refractivity contribution < 1.29 is 33.0 Å². The largest absolute Gasteiger partial charge is 0.444 e. The summed E-state index contributed by atoms with van der Waals surface area (Å²) in [6.45, 7) is 3.37. The molecule has 0 saturated carbocycles. The molecule has 2 amide bonds. The van der Waals surface area contributed by atoms with Crippen LogP contribution in [0.1, 0.15) is 31.4 Å². The molecule has 9 heteroatoms. The predicted octanol–water partition coefficient (Wildman–Crippen LogP) is 5.17. The second-order valence-corrected chi connectivity index (χ2v) is 9.40. The Hall–Kier alpha value is -2.67. The fourth-order valence-electron chi connectivity index (χ4n) is 2.82. The number of carbonyl (C=O) groups is 2. The average Bonchev–Trinajstić information content (AvgIpc) is 2.77. The van der Waals surface area contributed by atoms with Crippen molar-refractivity contribution in [2.24, 2.45) is 5.92 Å². The topological polar surface area (TPSA) is 102 Å². The van der Waals surface area contributed by atoms with Crippen LogP contribution in [0.5, 0.6) is 0 Å². The molecular formula is C22H28NO7P. The normalized spacial score (nSPS) is 13.8. The first kappa shape index (κ1) is 24.6. The molecule has 31 heavy (non-hydrogen) atoms. The number of nitrogens with zero attached hydrogens (tertiary/aromatic N) is 1. The Balaban J connectivity index is 2.25. The van der Waals surface area contributed by atoms with Gasteiger partial charge < -0.3 is 18.9 Å². The van der Waals surface area contributed by atoms with Crippen LogP contribution in [0.4, 0.5) is 9.59 Å². The predicted molar refractivity (Wildman–Crippen MR) is 115 cm³/mol. The molecule has 0 aromatic heterocycles. The molecule has 8 nitrogen and oxygen atoms in total. The van der Waals surface area contributed by atoms with Gasteiger partial charge in [-0.2, -0.15) is 4.90 Å². The number of rotatable bonds is 9. The summed E-state index contributed by atoms with van der Waals surface area (Å²) in [5.74, 6) is -1.57. The van der Waals surface area contributed by atoms with Gasteiger partial charge in [0.05, 0.1) is 0 Å². The van der Waals surface area contributed by atoms with Gasteiger partial charge in [0.2, 0.25) is 0 Å². The molecule has 1 N–H and O–H groups in total. The van der Waals surface area contributed by atoms with Crippen LogP contribution in [0.2, 0.25) is 0 Å². The molecule has 2 unspecified atom stereocenters. The third-order valence-corrected chi connectivity index (χ3v) is 6.14.